The number of rotatable bonds is 3. The molecule has 2 aromatic rings. The Morgan fingerprint density at radius 2 is 1.72 bits per heavy atom. The molecule has 0 saturated heterocycles. The Labute approximate surface area is 115 Å². The fourth-order valence-corrected chi connectivity index (χ4v) is 2.72. The van der Waals surface area contributed by atoms with Gasteiger partial charge < -0.3 is 4.72 Å². The molecule has 0 spiro atoms. The van der Waals surface area contributed by atoms with Crippen molar-refractivity contribution in [3.8, 4) is 0 Å². The lowest BCUT2D eigenvalue weighted by atomic mass is 10.2. The van der Waals surface area contributed by atoms with Crippen LogP contribution in [0.4, 0.5) is 5.69 Å². The maximum atomic E-state index is 12.1. The Hall–Kier alpha value is -1.32. The lowest BCUT2D eigenvalue weighted by molar-refractivity contribution is 0.686. The van der Waals surface area contributed by atoms with Crippen molar-refractivity contribution >= 4 is 28.3 Å². The summed E-state index contributed by atoms with van der Waals surface area (Å²) in [5.74, 6) is 0. The second kappa shape index (κ2) is 5.55. The normalized spacial score (nSPS) is 12.2. The summed E-state index contributed by atoms with van der Waals surface area (Å²) in [5.41, 5.74) is 2.96. The summed E-state index contributed by atoms with van der Waals surface area (Å²) >= 11 is 5.88. The maximum Gasteiger partial charge on any atom is 0.150 e. The number of hydrogen-bond donors (Lipinski definition) is 1. The molecular weight excluding hydrogens is 266 g/mol. The van der Waals surface area contributed by atoms with E-state index in [2.05, 4.69) is 4.72 Å². The van der Waals surface area contributed by atoms with E-state index < -0.39 is 11.0 Å². The van der Waals surface area contributed by atoms with E-state index in [1.807, 2.05) is 50.2 Å². The third-order valence-electron chi connectivity index (χ3n) is 2.63. The Kier molecular flexibility index (Phi) is 4.04. The van der Waals surface area contributed by atoms with Crippen LogP contribution in [0.25, 0.3) is 0 Å². The van der Waals surface area contributed by atoms with Gasteiger partial charge in [-0.05, 0) is 49.7 Å². The molecule has 4 heteroatoms. The highest BCUT2D eigenvalue weighted by Gasteiger charge is 2.06. The molecule has 0 saturated carbocycles. The molecule has 0 amide bonds. The van der Waals surface area contributed by atoms with Crippen LogP contribution in [0, 0.1) is 13.8 Å². The van der Waals surface area contributed by atoms with E-state index in [1.165, 1.54) is 0 Å². The first-order chi connectivity index (χ1) is 8.56. The van der Waals surface area contributed by atoms with E-state index in [1.54, 1.807) is 6.07 Å². The molecule has 2 aromatic carbocycles. The molecule has 0 aliphatic heterocycles. The lowest BCUT2D eigenvalue weighted by Gasteiger charge is -2.09. The highest BCUT2D eigenvalue weighted by molar-refractivity contribution is 7.86. The second-order valence-corrected chi connectivity index (χ2v) is 5.79. The Balaban J connectivity index is 2.18. The maximum absolute atomic E-state index is 12.1. The third kappa shape index (κ3) is 3.12. The van der Waals surface area contributed by atoms with Gasteiger partial charge in [0, 0.05) is 10.7 Å². The molecule has 1 unspecified atom stereocenters. The Morgan fingerprint density at radius 1 is 1.06 bits per heavy atom. The van der Waals surface area contributed by atoms with E-state index >= 15 is 0 Å². The monoisotopic (exact) mass is 279 g/mol. The number of halogens is 1. The second-order valence-electron chi connectivity index (χ2n) is 4.14. The molecule has 1 atom stereocenters. The largest absolute Gasteiger partial charge is 0.301 e. The molecule has 0 heterocycles. The summed E-state index contributed by atoms with van der Waals surface area (Å²) in [6, 6.07) is 13.1. The van der Waals surface area contributed by atoms with Crippen molar-refractivity contribution in [3.05, 3.63) is 58.6 Å². The summed E-state index contributed by atoms with van der Waals surface area (Å²) in [6.45, 7) is 3.93. The molecule has 0 fully saturated rings. The van der Waals surface area contributed by atoms with Gasteiger partial charge >= 0.3 is 0 Å². The number of hydrogen-bond acceptors (Lipinski definition) is 1. The number of nitrogens with one attached hydrogen (secondary N) is 1. The minimum absolute atomic E-state index is 0.680. The topological polar surface area (TPSA) is 29.1 Å². The zero-order chi connectivity index (χ0) is 13.1. The molecule has 0 aliphatic rings. The molecule has 2 rings (SSSR count). The van der Waals surface area contributed by atoms with Crippen LogP contribution >= 0.6 is 11.6 Å². The first-order valence-corrected chi connectivity index (χ1v) is 7.10. The molecular formula is C14H14ClNOS. The van der Waals surface area contributed by atoms with Crippen LogP contribution in [0.15, 0.2) is 47.4 Å². The molecule has 2 nitrogen and oxygen atoms in total. The van der Waals surface area contributed by atoms with Gasteiger partial charge in [0.2, 0.25) is 0 Å². The molecule has 0 bridgehead atoms. The SMILES string of the molecule is Cc1ccc(S(=O)Nc2ccc(Cl)cc2C)cc1. The van der Waals surface area contributed by atoms with Crippen molar-refractivity contribution in [2.75, 3.05) is 4.72 Å². The molecule has 0 aromatic heterocycles. The Morgan fingerprint density at radius 3 is 2.33 bits per heavy atom. The van der Waals surface area contributed by atoms with Gasteiger partial charge in [0.05, 0.1) is 4.90 Å². The lowest BCUT2D eigenvalue weighted by Crippen LogP contribution is -2.05. The average Bonchev–Trinajstić information content (AvgIpc) is 2.33. The van der Waals surface area contributed by atoms with Crippen LogP contribution in [0.3, 0.4) is 0 Å². The third-order valence-corrected chi connectivity index (χ3v) is 3.97. The minimum Gasteiger partial charge on any atom is -0.301 e. The van der Waals surface area contributed by atoms with Gasteiger partial charge in [-0.2, -0.15) is 0 Å². The summed E-state index contributed by atoms with van der Waals surface area (Å²) < 4.78 is 15.1. The fraction of sp³-hybridized carbons (Fsp3) is 0.143. The highest BCUT2D eigenvalue weighted by atomic mass is 35.5. The van der Waals surface area contributed by atoms with E-state index in [0.29, 0.717) is 5.02 Å². The number of anilines is 1. The predicted molar refractivity (Wildman–Crippen MR) is 77.4 cm³/mol. The summed E-state index contributed by atoms with van der Waals surface area (Å²) in [4.78, 5) is 0.759. The van der Waals surface area contributed by atoms with E-state index in [-0.39, 0.29) is 0 Å². The predicted octanol–water partition coefficient (Wildman–Crippen LogP) is 4.09. The van der Waals surface area contributed by atoms with Crippen molar-refractivity contribution in [2.45, 2.75) is 18.7 Å². The van der Waals surface area contributed by atoms with Crippen molar-refractivity contribution in [1.82, 2.24) is 0 Å². The zero-order valence-corrected chi connectivity index (χ0v) is 11.8. The summed E-state index contributed by atoms with van der Waals surface area (Å²) in [6.07, 6.45) is 0. The van der Waals surface area contributed by atoms with Gasteiger partial charge in [0.15, 0.2) is 0 Å². The van der Waals surface area contributed by atoms with Gasteiger partial charge in [0.1, 0.15) is 11.0 Å². The van der Waals surface area contributed by atoms with Crippen LogP contribution < -0.4 is 4.72 Å². The molecule has 18 heavy (non-hydrogen) atoms. The van der Waals surface area contributed by atoms with Crippen molar-refractivity contribution in [1.29, 1.82) is 0 Å². The average molecular weight is 280 g/mol. The van der Waals surface area contributed by atoms with Gasteiger partial charge in [-0.1, -0.05) is 29.3 Å². The van der Waals surface area contributed by atoms with Crippen LogP contribution in [0.2, 0.25) is 5.02 Å². The smallest absolute Gasteiger partial charge is 0.150 e. The summed E-state index contributed by atoms with van der Waals surface area (Å²) in [5, 5.41) is 0.680. The van der Waals surface area contributed by atoms with Gasteiger partial charge in [-0.15, -0.1) is 0 Å². The molecule has 0 aliphatic carbocycles. The summed E-state index contributed by atoms with van der Waals surface area (Å²) in [7, 11) is -1.25. The van der Waals surface area contributed by atoms with E-state index in [9.17, 15) is 4.21 Å². The fourth-order valence-electron chi connectivity index (χ4n) is 1.56. The first-order valence-electron chi connectivity index (χ1n) is 5.57. The number of aryl methyl sites for hydroxylation is 2. The van der Waals surface area contributed by atoms with Crippen LogP contribution in [-0.2, 0) is 11.0 Å². The molecule has 1 N–H and O–H groups in total. The van der Waals surface area contributed by atoms with E-state index in [4.69, 9.17) is 11.6 Å². The minimum atomic E-state index is -1.25. The van der Waals surface area contributed by atoms with Crippen LogP contribution in [0.1, 0.15) is 11.1 Å². The van der Waals surface area contributed by atoms with Crippen molar-refractivity contribution in [3.63, 3.8) is 0 Å². The zero-order valence-electron chi connectivity index (χ0n) is 10.2. The van der Waals surface area contributed by atoms with Gasteiger partial charge in [-0.25, -0.2) is 4.21 Å². The van der Waals surface area contributed by atoms with Crippen molar-refractivity contribution < 1.29 is 4.21 Å². The van der Waals surface area contributed by atoms with Crippen LogP contribution in [-0.4, -0.2) is 4.21 Å². The highest BCUT2D eigenvalue weighted by Crippen LogP contribution is 2.21. The quantitative estimate of drug-likeness (QED) is 0.901. The first kappa shape index (κ1) is 13.1. The van der Waals surface area contributed by atoms with Crippen molar-refractivity contribution in [2.24, 2.45) is 0 Å². The standard InChI is InChI=1S/C14H14ClNOS/c1-10-3-6-13(7-4-10)18(17)16-14-8-5-12(15)9-11(14)2/h3-9,16H,1-2H3. The molecule has 0 radical (unpaired) electrons. The molecule has 94 valence electrons. The number of benzene rings is 2. The Bertz CT molecular complexity index is 581. The van der Waals surface area contributed by atoms with Crippen LogP contribution in [0.5, 0.6) is 0 Å². The van der Waals surface area contributed by atoms with E-state index in [0.717, 1.165) is 21.7 Å². The van der Waals surface area contributed by atoms with Gasteiger partial charge in [0.25, 0.3) is 0 Å². The van der Waals surface area contributed by atoms with Gasteiger partial charge in [-0.3, -0.25) is 0 Å².